The molecule has 0 bridgehead atoms. The second-order valence-corrected chi connectivity index (χ2v) is 5.59. The highest BCUT2D eigenvalue weighted by molar-refractivity contribution is 5.97. The summed E-state index contributed by atoms with van der Waals surface area (Å²) in [5.74, 6) is -1.92. The molecule has 0 aliphatic carbocycles. The zero-order valence-corrected chi connectivity index (χ0v) is 13.3. The quantitative estimate of drug-likeness (QED) is 0.789. The van der Waals surface area contributed by atoms with Crippen LogP contribution in [0, 0.1) is 5.92 Å². The molecule has 0 spiro atoms. The number of hydrogen-bond acceptors (Lipinski definition) is 5. The molecule has 0 saturated heterocycles. The van der Waals surface area contributed by atoms with Crippen molar-refractivity contribution in [3.8, 4) is 0 Å². The Morgan fingerprint density at radius 2 is 1.83 bits per heavy atom. The van der Waals surface area contributed by atoms with Gasteiger partial charge in [-0.3, -0.25) is 9.59 Å². The third-order valence-electron chi connectivity index (χ3n) is 3.03. The molecule has 1 aromatic rings. The highest BCUT2D eigenvalue weighted by Crippen LogP contribution is 2.09. The van der Waals surface area contributed by atoms with Gasteiger partial charge in [0.1, 0.15) is 13.2 Å². The largest absolute Gasteiger partial charge is 0.480 e. The predicted octanol–water partition coefficient (Wildman–Crippen LogP) is 1.61. The number of ether oxygens (including phenoxy) is 1. The normalized spacial score (nSPS) is 11.8. The van der Waals surface area contributed by atoms with Crippen molar-refractivity contribution in [2.24, 2.45) is 11.7 Å². The molecule has 0 aliphatic heterocycles. The number of rotatable bonds is 7. The van der Waals surface area contributed by atoms with Crippen molar-refractivity contribution < 1.29 is 24.2 Å². The van der Waals surface area contributed by atoms with E-state index in [2.05, 4.69) is 0 Å². The van der Waals surface area contributed by atoms with E-state index in [4.69, 9.17) is 15.6 Å². The molecule has 2 amide bonds. The van der Waals surface area contributed by atoms with Gasteiger partial charge in [0.15, 0.2) is 0 Å². The minimum atomic E-state index is -1.31. The number of aliphatic carboxylic acids is 1. The fourth-order valence-electron chi connectivity index (χ4n) is 1.97. The highest BCUT2D eigenvalue weighted by atomic mass is 16.6. The van der Waals surface area contributed by atoms with Crippen molar-refractivity contribution in [3.05, 3.63) is 35.9 Å². The number of nitrogens with two attached hydrogens (primary N) is 1. The van der Waals surface area contributed by atoms with E-state index in [1.165, 1.54) is 0 Å². The number of carbonyl (C=O) groups excluding carboxylic acids is 2. The number of carboxylic acids is 1. The smallest absolute Gasteiger partial charge is 0.417 e. The zero-order valence-electron chi connectivity index (χ0n) is 13.3. The van der Waals surface area contributed by atoms with Gasteiger partial charge in [-0.2, -0.15) is 0 Å². The average Bonchev–Trinajstić information content (AvgIpc) is 2.49. The molecule has 126 valence electrons. The maximum Gasteiger partial charge on any atom is 0.417 e. The van der Waals surface area contributed by atoms with E-state index in [0.29, 0.717) is 11.3 Å². The lowest BCUT2D eigenvalue weighted by Crippen LogP contribution is -2.49. The molecule has 3 N–H and O–H groups in total. The standard InChI is InChI=1S/C16H22N2O5/c1-11(2)8-13(17)15(21)18(9-14(19)20)16(22)23-10-12-6-4-3-5-7-12/h3-7,11,13H,8-10,17H2,1-2H3,(H,19,20)/t13-/m0/s1. The Hall–Kier alpha value is -2.41. The van der Waals surface area contributed by atoms with Crippen LogP contribution in [0.1, 0.15) is 25.8 Å². The molecule has 0 saturated carbocycles. The Labute approximate surface area is 135 Å². The van der Waals surface area contributed by atoms with Crippen molar-refractivity contribution >= 4 is 18.0 Å². The van der Waals surface area contributed by atoms with Crippen molar-refractivity contribution in [2.75, 3.05) is 6.54 Å². The molecule has 0 radical (unpaired) electrons. The highest BCUT2D eigenvalue weighted by Gasteiger charge is 2.30. The minimum Gasteiger partial charge on any atom is -0.480 e. The molecule has 7 heteroatoms. The third-order valence-corrected chi connectivity index (χ3v) is 3.03. The Balaban J connectivity index is 2.73. The summed E-state index contributed by atoms with van der Waals surface area (Å²) in [5.41, 5.74) is 6.48. The Bertz CT molecular complexity index is 545. The van der Waals surface area contributed by atoms with Gasteiger partial charge < -0.3 is 15.6 Å². The van der Waals surface area contributed by atoms with Crippen molar-refractivity contribution in [1.29, 1.82) is 0 Å². The fourth-order valence-corrected chi connectivity index (χ4v) is 1.97. The molecule has 1 atom stereocenters. The number of carbonyl (C=O) groups is 3. The first-order valence-electron chi connectivity index (χ1n) is 7.30. The van der Waals surface area contributed by atoms with E-state index in [9.17, 15) is 14.4 Å². The molecule has 0 aliphatic rings. The summed E-state index contributed by atoms with van der Waals surface area (Å²) >= 11 is 0. The van der Waals surface area contributed by atoms with Gasteiger partial charge in [0, 0.05) is 0 Å². The topological polar surface area (TPSA) is 110 Å². The molecule has 7 nitrogen and oxygen atoms in total. The average molecular weight is 322 g/mol. The Morgan fingerprint density at radius 1 is 1.22 bits per heavy atom. The van der Waals surface area contributed by atoms with Crippen LogP contribution in [0.2, 0.25) is 0 Å². The number of hydrogen-bond donors (Lipinski definition) is 2. The van der Waals surface area contributed by atoms with Crippen LogP contribution in [0.3, 0.4) is 0 Å². The second kappa shape index (κ2) is 8.89. The van der Waals surface area contributed by atoms with Crippen molar-refractivity contribution in [2.45, 2.75) is 32.9 Å². The maximum atomic E-state index is 12.2. The van der Waals surface area contributed by atoms with Gasteiger partial charge in [0.25, 0.3) is 0 Å². The molecule has 0 aromatic heterocycles. The first-order valence-corrected chi connectivity index (χ1v) is 7.30. The van der Waals surface area contributed by atoms with E-state index < -0.39 is 30.6 Å². The maximum absolute atomic E-state index is 12.2. The first-order chi connectivity index (χ1) is 10.8. The van der Waals surface area contributed by atoms with E-state index in [1.54, 1.807) is 24.3 Å². The van der Waals surface area contributed by atoms with Gasteiger partial charge in [0.05, 0.1) is 6.04 Å². The van der Waals surface area contributed by atoms with E-state index in [1.807, 2.05) is 19.9 Å². The van der Waals surface area contributed by atoms with E-state index >= 15 is 0 Å². The summed E-state index contributed by atoms with van der Waals surface area (Å²) in [6, 6.07) is 7.93. The molecule has 1 aromatic carbocycles. The molecular formula is C16H22N2O5. The lowest BCUT2D eigenvalue weighted by molar-refractivity contribution is -0.144. The van der Waals surface area contributed by atoms with Gasteiger partial charge >= 0.3 is 12.1 Å². The summed E-state index contributed by atoms with van der Waals surface area (Å²) < 4.78 is 5.01. The zero-order chi connectivity index (χ0) is 17.4. The lowest BCUT2D eigenvalue weighted by atomic mass is 10.0. The molecular weight excluding hydrogens is 300 g/mol. The SMILES string of the molecule is CC(C)C[C@H](N)C(=O)N(CC(=O)O)C(=O)OCc1ccccc1. The summed E-state index contributed by atoms with van der Waals surface area (Å²) in [5, 5.41) is 8.89. The van der Waals surface area contributed by atoms with Crippen LogP contribution >= 0.6 is 0 Å². The molecule has 0 heterocycles. The van der Waals surface area contributed by atoms with Gasteiger partial charge in [-0.15, -0.1) is 0 Å². The number of carboxylic acid groups (broad SMARTS) is 1. The Morgan fingerprint density at radius 3 is 2.35 bits per heavy atom. The number of amides is 2. The van der Waals surface area contributed by atoms with Crippen LogP contribution in [-0.2, 0) is 20.9 Å². The van der Waals surface area contributed by atoms with Crippen LogP contribution in [0.5, 0.6) is 0 Å². The fraction of sp³-hybridized carbons (Fsp3) is 0.438. The minimum absolute atomic E-state index is 0.0531. The van der Waals surface area contributed by atoms with E-state index in [-0.39, 0.29) is 12.5 Å². The van der Waals surface area contributed by atoms with E-state index in [0.717, 1.165) is 5.56 Å². The van der Waals surface area contributed by atoms with Crippen molar-refractivity contribution in [1.82, 2.24) is 4.90 Å². The monoisotopic (exact) mass is 322 g/mol. The number of nitrogens with zero attached hydrogens (tertiary/aromatic N) is 1. The van der Waals surface area contributed by atoms with Crippen LogP contribution in [0.15, 0.2) is 30.3 Å². The second-order valence-electron chi connectivity index (χ2n) is 5.59. The Kier molecular flexibility index (Phi) is 7.21. The van der Waals surface area contributed by atoms with Crippen LogP contribution in [-0.4, -0.2) is 40.6 Å². The summed E-state index contributed by atoms with van der Waals surface area (Å²) in [6.45, 7) is 2.92. The summed E-state index contributed by atoms with van der Waals surface area (Å²) in [7, 11) is 0. The summed E-state index contributed by atoms with van der Waals surface area (Å²) in [6.07, 6.45) is -0.665. The molecule has 1 rings (SSSR count). The molecule has 0 fully saturated rings. The van der Waals surface area contributed by atoms with Gasteiger partial charge in [-0.25, -0.2) is 9.69 Å². The lowest BCUT2D eigenvalue weighted by Gasteiger charge is -2.22. The van der Waals surface area contributed by atoms with Crippen molar-refractivity contribution in [3.63, 3.8) is 0 Å². The number of benzene rings is 1. The van der Waals surface area contributed by atoms with Crippen LogP contribution in [0.4, 0.5) is 4.79 Å². The van der Waals surface area contributed by atoms with Gasteiger partial charge in [0.2, 0.25) is 5.91 Å². The van der Waals surface area contributed by atoms with Gasteiger partial charge in [-0.1, -0.05) is 44.2 Å². The first kappa shape index (κ1) is 18.6. The molecule has 0 unspecified atom stereocenters. The summed E-state index contributed by atoms with van der Waals surface area (Å²) in [4.78, 5) is 35.7. The van der Waals surface area contributed by atoms with Crippen LogP contribution < -0.4 is 5.73 Å². The predicted molar refractivity (Wildman–Crippen MR) is 83.4 cm³/mol. The van der Waals surface area contributed by atoms with Gasteiger partial charge in [-0.05, 0) is 17.9 Å². The molecule has 23 heavy (non-hydrogen) atoms. The third kappa shape index (κ3) is 6.48. The number of imide groups is 1. The van der Waals surface area contributed by atoms with Crippen LogP contribution in [0.25, 0.3) is 0 Å².